The lowest BCUT2D eigenvalue weighted by Gasteiger charge is -2.15. The molecule has 20 heavy (non-hydrogen) atoms. The van der Waals surface area contributed by atoms with Gasteiger partial charge in [0, 0.05) is 12.6 Å². The zero-order valence-corrected chi connectivity index (χ0v) is 12.2. The summed E-state index contributed by atoms with van der Waals surface area (Å²) in [5.41, 5.74) is 0. The summed E-state index contributed by atoms with van der Waals surface area (Å²) >= 11 is 0. The molecule has 0 heterocycles. The van der Waals surface area contributed by atoms with Gasteiger partial charge in [0.2, 0.25) is 5.91 Å². The lowest BCUT2D eigenvalue weighted by Crippen LogP contribution is -2.40. The molecule has 0 aromatic heterocycles. The fraction of sp³-hybridized carbons (Fsp3) is 0.615. The Morgan fingerprint density at radius 1 is 1.25 bits per heavy atom. The van der Waals surface area contributed by atoms with Gasteiger partial charge in [-0.2, -0.15) is 0 Å². The Balaban J connectivity index is 3.85. The molecule has 0 aromatic carbocycles. The summed E-state index contributed by atoms with van der Waals surface area (Å²) in [5, 5.41) is 2.47. The molecule has 1 N–H and O–H groups in total. The van der Waals surface area contributed by atoms with E-state index in [1.54, 1.807) is 0 Å². The molecule has 0 fully saturated rings. The average Bonchev–Trinajstić information content (AvgIpc) is 2.37. The molecule has 0 aliphatic rings. The maximum atomic E-state index is 11.5. The van der Waals surface area contributed by atoms with E-state index in [1.807, 2.05) is 19.0 Å². The van der Waals surface area contributed by atoms with Gasteiger partial charge >= 0.3 is 11.9 Å². The fourth-order valence-electron chi connectivity index (χ4n) is 1.13. The van der Waals surface area contributed by atoms with E-state index in [9.17, 15) is 14.4 Å². The van der Waals surface area contributed by atoms with Crippen molar-refractivity contribution in [2.75, 3.05) is 33.9 Å². The van der Waals surface area contributed by atoms with Crippen LogP contribution in [0.5, 0.6) is 0 Å². The quantitative estimate of drug-likeness (QED) is 0.463. The molecule has 1 unspecified atom stereocenters. The fourth-order valence-corrected chi connectivity index (χ4v) is 1.13. The van der Waals surface area contributed by atoms with Crippen LogP contribution < -0.4 is 5.32 Å². The van der Waals surface area contributed by atoms with E-state index < -0.39 is 18.0 Å². The molecule has 1 amide bonds. The van der Waals surface area contributed by atoms with Crippen molar-refractivity contribution in [1.29, 1.82) is 0 Å². The topological polar surface area (TPSA) is 84.9 Å². The van der Waals surface area contributed by atoms with Crippen molar-refractivity contribution < 1.29 is 23.9 Å². The molecule has 0 saturated carbocycles. The summed E-state index contributed by atoms with van der Waals surface area (Å²) in [5.74, 6) is -1.48. The summed E-state index contributed by atoms with van der Waals surface area (Å²) in [7, 11) is 3.73. The van der Waals surface area contributed by atoms with Crippen LogP contribution in [0.1, 0.15) is 13.3 Å². The summed E-state index contributed by atoms with van der Waals surface area (Å²) < 4.78 is 9.64. The van der Waals surface area contributed by atoms with Crippen molar-refractivity contribution in [3.05, 3.63) is 12.7 Å². The third kappa shape index (κ3) is 9.09. The molecule has 0 aromatic rings. The van der Waals surface area contributed by atoms with E-state index in [2.05, 4.69) is 16.6 Å². The van der Waals surface area contributed by atoms with Gasteiger partial charge in [0.05, 0.1) is 6.42 Å². The smallest absolute Gasteiger partial charge is 0.330 e. The standard InChI is InChI=1S/C13H22N2O5/c1-5-12(17)19-8-6-11(16)14-10(2)13(18)20-9-7-15(3)4/h5,10H,1,6-9H2,2-4H3,(H,14,16). The third-order valence-electron chi connectivity index (χ3n) is 2.25. The highest BCUT2D eigenvalue weighted by Crippen LogP contribution is 1.92. The lowest BCUT2D eigenvalue weighted by molar-refractivity contribution is -0.148. The van der Waals surface area contributed by atoms with Crippen molar-refractivity contribution >= 4 is 17.8 Å². The molecule has 114 valence electrons. The number of rotatable bonds is 9. The van der Waals surface area contributed by atoms with Gasteiger partial charge in [-0.25, -0.2) is 9.59 Å². The largest absolute Gasteiger partial charge is 0.463 e. The zero-order valence-electron chi connectivity index (χ0n) is 12.2. The summed E-state index contributed by atoms with van der Waals surface area (Å²) in [6.45, 7) is 5.59. The van der Waals surface area contributed by atoms with Crippen molar-refractivity contribution in [2.24, 2.45) is 0 Å². The highest BCUT2D eigenvalue weighted by molar-refractivity contribution is 5.84. The van der Waals surface area contributed by atoms with E-state index in [0.717, 1.165) is 6.08 Å². The Labute approximate surface area is 118 Å². The lowest BCUT2D eigenvalue weighted by atomic mass is 10.3. The van der Waals surface area contributed by atoms with E-state index in [0.29, 0.717) is 6.54 Å². The second-order valence-corrected chi connectivity index (χ2v) is 4.38. The zero-order chi connectivity index (χ0) is 15.5. The number of esters is 2. The minimum atomic E-state index is -0.736. The first kappa shape index (κ1) is 18.1. The second-order valence-electron chi connectivity index (χ2n) is 4.38. The normalized spacial score (nSPS) is 11.6. The van der Waals surface area contributed by atoms with Crippen molar-refractivity contribution in [3.8, 4) is 0 Å². The minimum absolute atomic E-state index is 0.0190. The maximum absolute atomic E-state index is 11.5. The van der Waals surface area contributed by atoms with Gasteiger partial charge in [-0.3, -0.25) is 4.79 Å². The number of ether oxygens (including phenoxy) is 2. The second kappa shape index (κ2) is 9.96. The van der Waals surface area contributed by atoms with Gasteiger partial charge in [-0.1, -0.05) is 6.58 Å². The number of carbonyl (C=O) groups excluding carboxylic acids is 3. The molecule has 7 nitrogen and oxygen atoms in total. The van der Waals surface area contributed by atoms with E-state index in [-0.39, 0.29) is 25.5 Å². The molecule has 0 radical (unpaired) electrons. The summed E-state index contributed by atoms with van der Waals surface area (Å²) in [4.78, 5) is 35.6. The molecule has 0 aliphatic heterocycles. The Kier molecular flexibility index (Phi) is 9.02. The van der Waals surface area contributed by atoms with Crippen LogP contribution in [-0.4, -0.2) is 62.6 Å². The highest BCUT2D eigenvalue weighted by Gasteiger charge is 2.16. The van der Waals surface area contributed by atoms with Gasteiger partial charge in [-0.05, 0) is 21.0 Å². The number of nitrogens with one attached hydrogen (secondary N) is 1. The van der Waals surface area contributed by atoms with Crippen LogP contribution in [0.3, 0.4) is 0 Å². The molecule has 0 rings (SSSR count). The number of carbonyl (C=O) groups is 3. The number of hydrogen-bond donors (Lipinski definition) is 1. The van der Waals surface area contributed by atoms with Crippen LogP contribution >= 0.6 is 0 Å². The Morgan fingerprint density at radius 2 is 1.90 bits per heavy atom. The van der Waals surface area contributed by atoms with Gasteiger partial charge in [0.25, 0.3) is 0 Å². The highest BCUT2D eigenvalue weighted by atomic mass is 16.5. The van der Waals surface area contributed by atoms with Gasteiger partial charge in [0.1, 0.15) is 19.3 Å². The number of likely N-dealkylation sites (N-methyl/N-ethyl adjacent to an activating group) is 1. The molecular weight excluding hydrogens is 264 g/mol. The van der Waals surface area contributed by atoms with Gasteiger partial charge in [-0.15, -0.1) is 0 Å². The Morgan fingerprint density at radius 3 is 2.45 bits per heavy atom. The summed E-state index contributed by atoms with van der Waals surface area (Å²) in [6.07, 6.45) is 0.998. The molecule has 0 saturated heterocycles. The predicted molar refractivity (Wildman–Crippen MR) is 72.9 cm³/mol. The monoisotopic (exact) mass is 286 g/mol. The van der Waals surface area contributed by atoms with Crippen LogP contribution in [0.4, 0.5) is 0 Å². The SMILES string of the molecule is C=CC(=O)OCCC(=O)NC(C)C(=O)OCCN(C)C. The Hall–Kier alpha value is -1.89. The molecule has 7 heteroatoms. The number of hydrogen-bond acceptors (Lipinski definition) is 6. The van der Waals surface area contributed by atoms with Gasteiger partial charge < -0.3 is 19.7 Å². The minimum Gasteiger partial charge on any atom is -0.463 e. The first-order chi connectivity index (χ1) is 9.36. The van der Waals surface area contributed by atoms with Crippen molar-refractivity contribution in [2.45, 2.75) is 19.4 Å². The number of amides is 1. The van der Waals surface area contributed by atoms with Gasteiger partial charge in [0.15, 0.2) is 0 Å². The third-order valence-corrected chi connectivity index (χ3v) is 2.25. The van der Waals surface area contributed by atoms with Crippen LogP contribution in [0.25, 0.3) is 0 Å². The molecule has 1 atom stereocenters. The van der Waals surface area contributed by atoms with Crippen molar-refractivity contribution in [1.82, 2.24) is 10.2 Å². The maximum Gasteiger partial charge on any atom is 0.330 e. The van der Waals surface area contributed by atoms with Crippen LogP contribution in [-0.2, 0) is 23.9 Å². The molecule has 0 aliphatic carbocycles. The van der Waals surface area contributed by atoms with E-state index >= 15 is 0 Å². The van der Waals surface area contributed by atoms with Crippen LogP contribution in [0, 0.1) is 0 Å². The first-order valence-electron chi connectivity index (χ1n) is 6.26. The molecule has 0 bridgehead atoms. The number of nitrogens with zero attached hydrogens (tertiary/aromatic N) is 1. The van der Waals surface area contributed by atoms with E-state index in [4.69, 9.17) is 4.74 Å². The molecular formula is C13H22N2O5. The summed E-state index contributed by atoms with van der Waals surface area (Å²) in [6, 6.07) is -0.736. The van der Waals surface area contributed by atoms with E-state index in [1.165, 1.54) is 6.92 Å². The molecule has 0 spiro atoms. The average molecular weight is 286 g/mol. The first-order valence-corrected chi connectivity index (χ1v) is 6.26. The van der Waals surface area contributed by atoms with Crippen LogP contribution in [0.2, 0.25) is 0 Å². The Bertz CT molecular complexity index is 355. The van der Waals surface area contributed by atoms with Crippen LogP contribution in [0.15, 0.2) is 12.7 Å². The van der Waals surface area contributed by atoms with Crippen molar-refractivity contribution in [3.63, 3.8) is 0 Å². The predicted octanol–water partition coefficient (Wildman–Crippen LogP) is -0.285.